The van der Waals surface area contributed by atoms with E-state index in [-0.39, 0.29) is 29.4 Å². The normalized spacial score (nSPS) is 16.1. The van der Waals surface area contributed by atoms with Crippen LogP contribution in [0.4, 0.5) is 5.69 Å². The van der Waals surface area contributed by atoms with Crippen LogP contribution < -0.4 is 15.8 Å². The molecule has 0 aliphatic carbocycles. The lowest BCUT2D eigenvalue weighted by atomic mass is 9.73. The van der Waals surface area contributed by atoms with Crippen molar-refractivity contribution in [2.45, 2.75) is 39.0 Å². The van der Waals surface area contributed by atoms with Gasteiger partial charge in [0.1, 0.15) is 5.75 Å². The van der Waals surface area contributed by atoms with Gasteiger partial charge in [-0.15, -0.1) is 24.0 Å². The Labute approximate surface area is 191 Å². The van der Waals surface area contributed by atoms with E-state index in [1.165, 1.54) is 22.3 Å². The Bertz CT molecular complexity index is 841. The van der Waals surface area contributed by atoms with Crippen LogP contribution in [0.5, 0.6) is 5.75 Å². The molecule has 2 aromatic carbocycles. The van der Waals surface area contributed by atoms with Gasteiger partial charge in [0, 0.05) is 29.9 Å². The number of halogens is 1. The molecule has 0 saturated carbocycles. The molecule has 0 bridgehead atoms. The van der Waals surface area contributed by atoms with Gasteiger partial charge in [-0.3, -0.25) is 4.99 Å². The van der Waals surface area contributed by atoms with Crippen molar-refractivity contribution in [1.29, 1.82) is 0 Å². The zero-order valence-corrected chi connectivity index (χ0v) is 20.1. The third-order valence-corrected chi connectivity index (χ3v) is 5.42. The first-order chi connectivity index (χ1) is 13.4. The Morgan fingerprint density at radius 1 is 1.07 bits per heavy atom. The molecule has 0 radical (unpaired) electrons. The van der Waals surface area contributed by atoms with Crippen molar-refractivity contribution in [3.8, 4) is 5.75 Å². The maximum atomic E-state index is 6.24. The van der Waals surface area contributed by atoms with Crippen LogP contribution >= 0.6 is 24.0 Å². The Kier molecular flexibility index (Phi) is 8.34. The lowest BCUT2D eigenvalue weighted by Gasteiger charge is -2.37. The minimum atomic E-state index is -0.134. The number of nitrogens with two attached hydrogens (primary N) is 1. The quantitative estimate of drug-likeness (QED) is 0.348. The average Bonchev–Trinajstić information content (AvgIpc) is 2.66. The number of benzene rings is 2. The van der Waals surface area contributed by atoms with Crippen molar-refractivity contribution in [2.24, 2.45) is 10.7 Å². The first kappa shape index (κ1) is 23.5. The summed E-state index contributed by atoms with van der Waals surface area (Å²) in [6, 6.07) is 12.6. The maximum absolute atomic E-state index is 6.24. The zero-order valence-electron chi connectivity index (χ0n) is 17.7. The molecule has 0 amide bonds. The molecule has 1 aliphatic heterocycles. The van der Waals surface area contributed by atoms with E-state index in [0.29, 0.717) is 12.5 Å². The van der Waals surface area contributed by atoms with E-state index >= 15 is 0 Å². The number of aliphatic imine (C=N–C) groups is 1. The fourth-order valence-electron chi connectivity index (χ4n) is 3.98. The van der Waals surface area contributed by atoms with E-state index in [2.05, 4.69) is 56.4 Å². The minimum absolute atomic E-state index is 0. The summed E-state index contributed by atoms with van der Waals surface area (Å²) in [5.74, 6) is 1.34. The van der Waals surface area contributed by atoms with E-state index in [0.717, 1.165) is 37.5 Å². The SMILES string of the molecule is COc1ccc(C)cc1C1(CN=C(N)Nc2cc(C)cc(C)c2)CCOCC1.I. The summed E-state index contributed by atoms with van der Waals surface area (Å²) in [6.07, 6.45) is 1.79. The molecule has 5 nitrogen and oxygen atoms in total. The molecule has 2 aromatic rings. The van der Waals surface area contributed by atoms with Gasteiger partial charge in [-0.25, -0.2) is 0 Å². The summed E-state index contributed by atoms with van der Waals surface area (Å²) in [5.41, 5.74) is 11.9. The van der Waals surface area contributed by atoms with Crippen LogP contribution in [0.15, 0.2) is 41.4 Å². The van der Waals surface area contributed by atoms with Crippen molar-refractivity contribution in [3.05, 3.63) is 58.7 Å². The van der Waals surface area contributed by atoms with Gasteiger partial charge in [-0.1, -0.05) is 23.8 Å². The van der Waals surface area contributed by atoms with Crippen LogP contribution in [-0.2, 0) is 10.2 Å². The molecule has 3 N–H and O–H groups in total. The highest BCUT2D eigenvalue weighted by atomic mass is 127. The molecule has 3 rings (SSSR count). The first-order valence-electron chi connectivity index (χ1n) is 9.80. The monoisotopic (exact) mass is 509 g/mol. The van der Waals surface area contributed by atoms with E-state index in [1.54, 1.807) is 7.11 Å². The molecular weight excluding hydrogens is 477 g/mol. The molecule has 1 aliphatic rings. The maximum Gasteiger partial charge on any atom is 0.193 e. The Morgan fingerprint density at radius 3 is 2.34 bits per heavy atom. The predicted octanol–water partition coefficient (Wildman–Crippen LogP) is 4.71. The fraction of sp³-hybridized carbons (Fsp3) is 0.435. The van der Waals surface area contributed by atoms with E-state index < -0.39 is 0 Å². The number of hydrogen-bond donors (Lipinski definition) is 2. The van der Waals surface area contributed by atoms with E-state index in [9.17, 15) is 0 Å². The van der Waals surface area contributed by atoms with E-state index in [1.807, 2.05) is 6.07 Å². The number of guanidine groups is 1. The smallest absolute Gasteiger partial charge is 0.193 e. The second-order valence-electron chi connectivity index (χ2n) is 7.80. The number of nitrogens with one attached hydrogen (secondary N) is 1. The summed E-state index contributed by atoms with van der Waals surface area (Å²) in [7, 11) is 1.72. The number of rotatable bonds is 5. The van der Waals surface area contributed by atoms with Gasteiger partial charge in [0.05, 0.1) is 13.7 Å². The highest BCUT2D eigenvalue weighted by Gasteiger charge is 2.37. The van der Waals surface area contributed by atoms with Gasteiger partial charge in [0.15, 0.2) is 5.96 Å². The van der Waals surface area contributed by atoms with Gasteiger partial charge in [-0.2, -0.15) is 0 Å². The minimum Gasteiger partial charge on any atom is -0.496 e. The number of aryl methyl sites for hydroxylation is 3. The average molecular weight is 509 g/mol. The molecule has 6 heteroatoms. The molecule has 158 valence electrons. The third kappa shape index (κ3) is 5.85. The highest BCUT2D eigenvalue weighted by molar-refractivity contribution is 14.0. The van der Waals surface area contributed by atoms with Crippen molar-refractivity contribution < 1.29 is 9.47 Å². The van der Waals surface area contributed by atoms with Gasteiger partial charge in [-0.05, 0) is 62.9 Å². The molecule has 1 heterocycles. The predicted molar refractivity (Wildman–Crippen MR) is 131 cm³/mol. The van der Waals surface area contributed by atoms with Crippen LogP contribution in [0.25, 0.3) is 0 Å². The lowest BCUT2D eigenvalue weighted by Crippen LogP contribution is -2.38. The Balaban J connectivity index is 0.00000300. The molecule has 29 heavy (non-hydrogen) atoms. The number of ether oxygens (including phenoxy) is 2. The molecule has 1 fully saturated rings. The van der Waals surface area contributed by atoms with Gasteiger partial charge < -0.3 is 20.5 Å². The number of hydrogen-bond acceptors (Lipinski definition) is 3. The number of anilines is 1. The van der Waals surface area contributed by atoms with Gasteiger partial charge >= 0.3 is 0 Å². The van der Waals surface area contributed by atoms with Crippen LogP contribution in [0.2, 0.25) is 0 Å². The molecule has 0 unspecified atom stereocenters. The third-order valence-electron chi connectivity index (χ3n) is 5.42. The number of nitrogens with zero attached hydrogens (tertiary/aromatic N) is 1. The van der Waals surface area contributed by atoms with Gasteiger partial charge in [0.2, 0.25) is 0 Å². The Hall–Kier alpha value is -1.80. The van der Waals surface area contributed by atoms with Crippen molar-refractivity contribution in [3.63, 3.8) is 0 Å². The van der Waals surface area contributed by atoms with Crippen molar-refractivity contribution in [1.82, 2.24) is 0 Å². The largest absolute Gasteiger partial charge is 0.496 e. The highest BCUT2D eigenvalue weighted by Crippen LogP contribution is 2.40. The van der Waals surface area contributed by atoms with Crippen LogP contribution in [0, 0.1) is 20.8 Å². The van der Waals surface area contributed by atoms with Crippen LogP contribution in [0.1, 0.15) is 35.1 Å². The van der Waals surface area contributed by atoms with Gasteiger partial charge in [0.25, 0.3) is 0 Å². The lowest BCUT2D eigenvalue weighted by molar-refractivity contribution is 0.0523. The Morgan fingerprint density at radius 2 is 1.72 bits per heavy atom. The topological polar surface area (TPSA) is 68.9 Å². The second-order valence-corrected chi connectivity index (χ2v) is 7.80. The molecule has 0 aromatic heterocycles. The summed E-state index contributed by atoms with van der Waals surface area (Å²) >= 11 is 0. The molecule has 0 atom stereocenters. The van der Waals surface area contributed by atoms with E-state index in [4.69, 9.17) is 20.2 Å². The number of methoxy groups -OCH3 is 1. The van der Waals surface area contributed by atoms with Crippen molar-refractivity contribution in [2.75, 3.05) is 32.2 Å². The molecule has 0 spiro atoms. The van der Waals surface area contributed by atoms with Crippen LogP contribution in [-0.4, -0.2) is 32.8 Å². The first-order valence-corrected chi connectivity index (χ1v) is 9.80. The summed E-state index contributed by atoms with van der Waals surface area (Å²) < 4.78 is 11.3. The fourth-order valence-corrected chi connectivity index (χ4v) is 3.98. The van der Waals surface area contributed by atoms with Crippen LogP contribution in [0.3, 0.4) is 0 Å². The summed E-state index contributed by atoms with van der Waals surface area (Å²) in [6.45, 7) is 8.29. The second kappa shape index (κ2) is 10.3. The summed E-state index contributed by atoms with van der Waals surface area (Å²) in [5, 5.41) is 3.24. The zero-order chi connectivity index (χ0) is 20.1. The molecular formula is C23H32IN3O2. The standard InChI is InChI=1S/C23H31N3O2.HI/c1-16-5-6-21(27-4)20(14-16)23(7-9-28-10-8-23)15-25-22(24)26-19-12-17(2)11-18(3)13-19;/h5-6,11-14H,7-10,15H2,1-4H3,(H3,24,25,26);1H. The molecule has 1 saturated heterocycles. The summed E-state index contributed by atoms with van der Waals surface area (Å²) in [4.78, 5) is 4.73. The van der Waals surface area contributed by atoms with Crippen molar-refractivity contribution >= 4 is 35.6 Å².